The molecule has 0 spiro atoms. The van der Waals surface area contributed by atoms with Crippen LogP contribution in [0.4, 0.5) is 0 Å². The average molecular weight is 298 g/mol. The van der Waals surface area contributed by atoms with Crippen LogP contribution in [-0.2, 0) is 4.79 Å². The summed E-state index contributed by atoms with van der Waals surface area (Å²) in [4.78, 5) is 25.5. The molecule has 0 bridgehead atoms. The van der Waals surface area contributed by atoms with Gasteiger partial charge in [0, 0.05) is 26.1 Å². The van der Waals surface area contributed by atoms with Gasteiger partial charge in [0.2, 0.25) is 5.91 Å². The van der Waals surface area contributed by atoms with Crippen molar-refractivity contribution in [1.82, 2.24) is 10.2 Å². The van der Waals surface area contributed by atoms with Crippen molar-refractivity contribution < 1.29 is 19.8 Å². The summed E-state index contributed by atoms with van der Waals surface area (Å²) in [6, 6.07) is 3.56. The summed E-state index contributed by atoms with van der Waals surface area (Å²) >= 11 is 1.37. The Morgan fingerprint density at radius 1 is 1.35 bits per heavy atom. The molecule has 0 aliphatic carbocycles. The number of hydrogen-bond donors (Lipinski definition) is 3. The third kappa shape index (κ3) is 3.78. The van der Waals surface area contributed by atoms with Gasteiger partial charge in [-0.2, -0.15) is 0 Å². The van der Waals surface area contributed by atoms with Crippen LogP contribution < -0.4 is 5.32 Å². The van der Waals surface area contributed by atoms with Crippen LogP contribution in [0.1, 0.15) is 22.5 Å². The first kappa shape index (κ1) is 15.0. The molecule has 20 heavy (non-hydrogen) atoms. The van der Waals surface area contributed by atoms with Gasteiger partial charge in [0.15, 0.2) is 0 Å². The van der Waals surface area contributed by atoms with Crippen molar-refractivity contribution >= 4 is 23.2 Å². The maximum atomic E-state index is 11.8. The van der Waals surface area contributed by atoms with Crippen LogP contribution in [0.3, 0.4) is 0 Å². The second-order valence-electron chi connectivity index (χ2n) is 4.77. The lowest BCUT2D eigenvalue weighted by Gasteiger charge is -2.15. The standard InChI is InChI=1S/C13H18N2O4S/c16-9-7-15(8-10(9)17)12(18)4-1-5-14-13(19)11-3-2-6-20-11/h2-3,6,9-10,16-17H,1,4-5,7-8H2,(H,14,19). The van der Waals surface area contributed by atoms with Gasteiger partial charge in [0.05, 0.1) is 17.1 Å². The molecule has 2 atom stereocenters. The quantitative estimate of drug-likeness (QED) is 0.658. The van der Waals surface area contributed by atoms with Gasteiger partial charge >= 0.3 is 0 Å². The Hall–Kier alpha value is -1.44. The molecule has 1 aliphatic heterocycles. The molecule has 0 aromatic carbocycles. The number of nitrogens with one attached hydrogen (secondary N) is 1. The van der Waals surface area contributed by atoms with E-state index in [1.54, 1.807) is 6.07 Å². The first-order valence-corrected chi connectivity index (χ1v) is 7.41. The zero-order chi connectivity index (χ0) is 14.5. The van der Waals surface area contributed by atoms with E-state index in [-0.39, 0.29) is 24.9 Å². The second kappa shape index (κ2) is 6.83. The lowest BCUT2D eigenvalue weighted by atomic mass is 10.2. The average Bonchev–Trinajstić information content (AvgIpc) is 3.05. The summed E-state index contributed by atoms with van der Waals surface area (Å²) in [7, 11) is 0. The van der Waals surface area contributed by atoms with Gasteiger partial charge < -0.3 is 20.4 Å². The monoisotopic (exact) mass is 298 g/mol. The maximum Gasteiger partial charge on any atom is 0.261 e. The highest BCUT2D eigenvalue weighted by Crippen LogP contribution is 2.12. The van der Waals surface area contributed by atoms with E-state index in [9.17, 15) is 19.8 Å². The van der Waals surface area contributed by atoms with E-state index < -0.39 is 12.2 Å². The number of rotatable bonds is 5. The first-order valence-electron chi connectivity index (χ1n) is 6.53. The van der Waals surface area contributed by atoms with E-state index in [1.807, 2.05) is 11.4 Å². The van der Waals surface area contributed by atoms with Crippen molar-refractivity contribution in [2.75, 3.05) is 19.6 Å². The fourth-order valence-corrected chi connectivity index (χ4v) is 2.71. The van der Waals surface area contributed by atoms with Gasteiger partial charge in [-0.1, -0.05) is 6.07 Å². The van der Waals surface area contributed by atoms with Crippen molar-refractivity contribution in [3.05, 3.63) is 22.4 Å². The zero-order valence-corrected chi connectivity index (χ0v) is 11.8. The van der Waals surface area contributed by atoms with Gasteiger partial charge in [0.1, 0.15) is 0 Å². The molecule has 2 heterocycles. The fourth-order valence-electron chi connectivity index (χ4n) is 2.07. The number of aliphatic hydroxyl groups excluding tert-OH is 2. The van der Waals surface area contributed by atoms with Gasteiger partial charge in [0.25, 0.3) is 5.91 Å². The molecule has 0 saturated carbocycles. The van der Waals surface area contributed by atoms with Crippen LogP contribution in [0.2, 0.25) is 0 Å². The fraction of sp³-hybridized carbons (Fsp3) is 0.538. The molecule has 1 aromatic heterocycles. The van der Waals surface area contributed by atoms with E-state index >= 15 is 0 Å². The molecular formula is C13H18N2O4S. The molecule has 0 radical (unpaired) electrons. The SMILES string of the molecule is O=C(NCCCC(=O)N1CC(O)C(O)C1)c1cccs1. The van der Waals surface area contributed by atoms with Gasteiger partial charge in [-0.05, 0) is 17.9 Å². The molecule has 1 aromatic rings. The Morgan fingerprint density at radius 3 is 2.65 bits per heavy atom. The van der Waals surface area contributed by atoms with E-state index in [0.717, 1.165) is 0 Å². The molecule has 1 fully saturated rings. The van der Waals surface area contributed by atoms with Crippen LogP contribution >= 0.6 is 11.3 Å². The molecule has 1 aliphatic rings. The number of hydrogen-bond acceptors (Lipinski definition) is 5. The first-order chi connectivity index (χ1) is 9.58. The summed E-state index contributed by atoms with van der Waals surface area (Å²) in [5.74, 6) is -0.231. The Morgan fingerprint density at radius 2 is 2.05 bits per heavy atom. The van der Waals surface area contributed by atoms with E-state index in [1.165, 1.54) is 16.2 Å². The Bertz CT molecular complexity index is 453. The van der Waals surface area contributed by atoms with Crippen molar-refractivity contribution in [2.45, 2.75) is 25.0 Å². The minimum absolute atomic E-state index is 0.106. The van der Waals surface area contributed by atoms with Gasteiger partial charge in [-0.3, -0.25) is 9.59 Å². The normalized spacial score (nSPS) is 22.0. The predicted octanol–water partition coefficient (Wildman–Crippen LogP) is -0.178. The molecule has 3 N–H and O–H groups in total. The summed E-state index contributed by atoms with van der Waals surface area (Å²) < 4.78 is 0. The van der Waals surface area contributed by atoms with Crippen LogP contribution in [0.15, 0.2) is 17.5 Å². The molecule has 110 valence electrons. The number of carbonyl (C=O) groups excluding carboxylic acids is 2. The minimum atomic E-state index is -0.850. The summed E-state index contributed by atoms with van der Waals surface area (Å²) in [6.45, 7) is 0.796. The largest absolute Gasteiger partial charge is 0.388 e. The number of thiophene rings is 1. The third-order valence-electron chi connectivity index (χ3n) is 3.21. The number of aliphatic hydroxyl groups is 2. The topological polar surface area (TPSA) is 89.9 Å². The highest BCUT2D eigenvalue weighted by Gasteiger charge is 2.31. The van der Waals surface area contributed by atoms with Crippen molar-refractivity contribution in [3.8, 4) is 0 Å². The number of amides is 2. The summed E-state index contributed by atoms with van der Waals surface area (Å²) in [5, 5.41) is 23.3. The zero-order valence-electron chi connectivity index (χ0n) is 11.0. The van der Waals surface area contributed by atoms with E-state index in [2.05, 4.69) is 5.32 Å². The molecule has 6 nitrogen and oxygen atoms in total. The summed E-state index contributed by atoms with van der Waals surface area (Å²) in [6.07, 6.45) is -0.863. The number of carbonyl (C=O) groups is 2. The smallest absolute Gasteiger partial charge is 0.261 e. The number of likely N-dealkylation sites (tertiary alicyclic amines) is 1. The Kier molecular flexibility index (Phi) is 5.11. The lowest BCUT2D eigenvalue weighted by Crippen LogP contribution is -2.31. The van der Waals surface area contributed by atoms with E-state index in [4.69, 9.17) is 0 Å². The van der Waals surface area contributed by atoms with Gasteiger partial charge in [-0.25, -0.2) is 0 Å². The van der Waals surface area contributed by atoms with Crippen LogP contribution in [0.5, 0.6) is 0 Å². The molecule has 1 saturated heterocycles. The predicted molar refractivity (Wildman–Crippen MR) is 74.5 cm³/mol. The van der Waals surface area contributed by atoms with Crippen LogP contribution in [0.25, 0.3) is 0 Å². The van der Waals surface area contributed by atoms with E-state index in [0.29, 0.717) is 24.3 Å². The maximum absolute atomic E-state index is 11.8. The van der Waals surface area contributed by atoms with Crippen LogP contribution in [0, 0.1) is 0 Å². The highest BCUT2D eigenvalue weighted by molar-refractivity contribution is 7.12. The highest BCUT2D eigenvalue weighted by atomic mass is 32.1. The Labute approximate surface area is 121 Å². The molecule has 2 rings (SSSR count). The van der Waals surface area contributed by atoms with Crippen molar-refractivity contribution in [1.29, 1.82) is 0 Å². The molecule has 2 amide bonds. The second-order valence-corrected chi connectivity index (χ2v) is 5.72. The summed E-state index contributed by atoms with van der Waals surface area (Å²) in [5.41, 5.74) is 0. The van der Waals surface area contributed by atoms with Gasteiger partial charge in [-0.15, -0.1) is 11.3 Å². The van der Waals surface area contributed by atoms with Crippen molar-refractivity contribution in [3.63, 3.8) is 0 Å². The number of nitrogens with zero attached hydrogens (tertiary/aromatic N) is 1. The molecule has 7 heteroatoms. The molecule has 2 unspecified atom stereocenters. The third-order valence-corrected chi connectivity index (χ3v) is 4.08. The van der Waals surface area contributed by atoms with Crippen molar-refractivity contribution in [2.24, 2.45) is 0 Å². The lowest BCUT2D eigenvalue weighted by molar-refractivity contribution is -0.130. The Balaban J connectivity index is 1.64. The van der Waals surface area contributed by atoms with Crippen LogP contribution in [-0.4, -0.2) is 58.8 Å². The number of β-amino-alcohol motifs (C(OH)–C–C–N with tert-alkyl or cyclic N) is 2. The molecular weight excluding hydrogens is 280 g/mol. The minimum Gasteiger partial charge on any atom is -0.388 e.